The molecule has 0 radical (unpaired) electrons. The molecule has 2 fully saturated rings. The summed E-state index contributed by atoms with van der Waals surface area (Å²) in [5, 5.41) is 3.11. The fraction of sp³-hybridized carbons (Fsp3) is 0.579. The van der Waals surface area contributed by atoms with E-state index in [-0.39, 0.29) is 17.9 Å². The first-order chi connectivity index (χ1) is 11.6. The number of nitrogens with zero attached hydrogens (tertiary/aromatic N) is 2. The van der Waals surface area contributed by atoms with E-state index in [1.165, 1.54) is 11.1 Å². The highest BCUT2D eigenvalue weighted by molar-refractivity contribution is 5.80. The van der Waals surface area contributed by atoms with Crippen LogP contribution in [0.1, 0.15) is 30.4 Å². The summed E-state index contributed by atoms with van der Waals surface area (Å²) < 4.78 is 0. The Hall–Kier alpha value is -1.88. The molecule has 1 aromatic rings. The number of aryl methyl sites for hydroxylation is 2. The molecule has 1 N–H and O–H groups in total. The Morgan fingerprint density at radius 3 is 3.00 bits per heavy atom. The third-order valence-corrected chi connectivity index (χ3v) is 5.03. The number of carbonyl (C=O) groups excluding carboxylic acids is 2. The van der Waals surface area contributed by atoms with E-state index in [2.05, 4.69) is 30.4 Å². The van der Waals surface area contributed by atoms with Gasteiger partial charge in [0.15, 0.2) is 0 Å². The molecule has 3 rings (SSSR count). The zero-order valence-corrected chi connectivity index (χ0v) is 14.5. The van der Waals surface area contributed by atoms with Crippen LogP contribution in [0.15, 0.2) is 24.3 Å². The van der Waals surface area contributed by atoms with Crippen LogP contribution in [-0.4, -0.2) is 60.4 Å². The molecule has 5 nitrogen and oxygen atoms in total. The van der Waals surface area contributed by atoms with Gasteiger partial charge in [-0.05, 0) is 31.7 Å². The first-order valence-corrected chi connectivity index (χ1v) is 8.97. The minimum absolute atomic E-state index is 0.167. The number of likely N-dealkylation sites (tertiary alicyclic amines) is 1. The maximum absolute atomic E-state index is 12.6. The first kappa shape index (κ1) is 17.0. The van der Waals surface area contributed by atoms with Crippen LogP contribution in [0.25, 0.3) is 0 Å². The van der Waals surface area contributed by atoms with Gasteiger partial charge in [0.2, 0.25) is 11.8 Å². The molecule has 0 bridgehead atoms. The van der Waals surface area contributed by atoms with E-state index in [9.17, 15) is 9.59 Å². The molecule has 0 saturated carbocycles. The number of carbonyl (C=O) groups is 2. The monoisotopic (exact) mass is 329 g/mol. The number of nitrogens with one attached hydrogen (secondary N) is 1. The van der Waals surface area contributed by atoms with Gasteiger partial charge in [-0.2, -0.15) is 0 Å². The molecule has 0 spiro atoms. The zero-order valence-electron chi connectivity index (χ0n) is 14.5. The third-order valence-electron chi connectivity index (χ3n) is 5.03. The summed E-state index contributed by atoms with van der Waals surface area (Å²) in [5.41, 5.74) is 2.45. The smallest absolute Gasteiger partial charge is 0.236 e. The normalized spacial score (nSPS) is 21.9. The lowest BCUT2D eigenvalue weighted by Gasteiger charge is -2.41. The summed E-state index contributed by atoms with van der Waals surface area (Å²) in [6.45, 7) is 5.63. The van der Waals surface area contributed by atoms with Crippen LogP contribution in [0.5, 0.6) is 0 Å². The second-order valence-electron chi connectivity index (χ2n) is 6.89. The number of benzene rings is 1. The lowest BCUT2D eigenvalue weighted by Crippen LogP contribution is -2.57. The number of hydrogen-bond acceptors (Lipinski definition) is 3. The van der Waals surface area contributed by atoms with E-state index < -0.39 is 0 Å². The maximum atomic E-state index is 12.6. The first-order valence-electron chi connectivity index (χ1n) is 8.97. The van der Waals surface area contributed by atoms with Gasteiger partial charge in [0, 0.05) is 38.6 Å². The van der Waals surface area contributed by atoms with Crippen molar-refractivity contribution in [2.45, 2.75) is 38.6 Å². The van der Waals surface area contributed by atoms with Crippen molar-refractivity contribution in [2.75, 3.05) is 32.7 Å². The summed E-state index contributed by atoms with van der Waals surface area (Å²) in [5.74, 6) is 0.379. The standard InChI is InChI=1S/C19H27N3O2/c1-15-4-2-5-16(12-15)7-8-18(23)21-10-3-6-17(14-21)22-11-9-20-13-19(22)24/h2,4-5,12,17,20H,3,6-11,13-14H2,1H3. The predicted octanol–water partition coefficient (Wildman–Crippen LogP) is 1.35. The molecule has 24 heavy (non-hydrogen) atoms. The van der Waals surface area contributed by atoms with Crippen molar-refractivity contribution < 1.29 is 9.59 Å². The quantitative estimate of drug-likeness (QED) is 0.907. The average molecular weight is 329 g/mol. The van der Waals surface area contributed by atoms with Gasteiger partial charge in [-0.1, -0.05) is 29.8 Å². The lowest BCUT2D eigenvalue weighted by molar-refractivity contribution is -0.140. The molecule has 1 unspecified atom stereocenters. The molecule has 0 aliphatic carbocycles. The van der Waals surface area contributed by atoms with Crippen molar-refractivity contribution in [3.63, 3.8) is 0 Å². The van der Waals surface area contributed by atoms with E-state index in [1.807, 2.05) is 15.9 Å². The van der Waals surface area contributed by atoms with Gasteiger partial charge in [0.1, 0.15) is 0 Å². The van der Waals surface area contributed by atoms with E-state index in [1.54, 1.807) is 0 Å². The Kier molecular flexibility index (Phi) is 5.51. The summed E-state index contributed by atoms with van der Waals surface area (Å²) in [4.78, 5) is 28.6. The van der Waals surface area contributed by atoms with Crippen molar-refractivity contribution in [1.29, 1.82) is 0 Å². The van der Waals surface area contributed by atoms with Crippen LogP contribution < -0.4 is 5.32 Å². The number of hydrogen-bond donors (Lipinski definition) is 1. The molecular weight excluding hydrogens is 302 g/mol. The SMILES string of the molecule is Cc1cccc(CCC(=O)N2CCCC(N3CCNCC3=O)C2)c1. The highest BCUT2D eigenvalue weighted by Gasteiger charge is 2.31. The van der Waals surface area contributed by atoms with Gasteiger partial charge in [-0.25, -0.2) is 0 Å². The Morgan fingerprint density at radius 1 is 1.33 bits per heavy atom. The Morgan fingerprint density at radius 2 is 2.21 bits per heavy atom. The molecule has 2 aliphatic rings. The second-order valence-corrected chi connectivity index (χ2v) is 6.89. The van der Waals surface area contributed by atoms with Crippen molar-refractivity contribution in [3.05, 3.63) is 35.4 Å². The molecule has 2 amide bonds. The summed E-state index contributed by atoms with van der Waals surface area (Å²) in [6.07, 6.45) is 3.32. The summed E-state index contributed by atoms with van der Waals surface area (Å²) in [6, 6.07) is 8.54. The summed E-state index contributed by atoms with van der Waals surface area (Å²) in [7, 11) is 0. The molecule has 0 aromatic heterocycles. The van der Waals surface area contributed by atoms with E-state index in [4.69, 9.17) is 0 Å². The van der Waals surface area contributed by atoms with Crippen LogP contribution in [0.2, 0.25) is 0 Å². The van der Waals surface area contributed by atoms with Gasteiger partial charge >= 0.3 is 0 Å². The topological polar surface area (TPSA) is 52.7 Å². The van der Waals surface area contributed by atoms with E-state index >= 15 is 0 Å². The highest BCUT2D eigenvalue weighted by atomic mass is 16.2. The lowest BCUT2D eigenvalue weighted by atomic mass is 10.0. The van der Waals surface area contributed by atoms with Gasteiger partial charge in [-0.15, -0.1) is 0 Å². The van der Waals surface area contributed by atoms with E-state index in [0.29, 0.717) is 19.5 Å². The molecule has 2 saturated heterocycles. The fourth-order valence-electron chi connectivity index (χ4n) is 3.72. The molecule has 5 heteroatoms. The Labute approximate surface area is 144 Å². The van der Waals surface area contributed by atoms with Gasteiger partial charge in [0.25, 0.3) is 0 Å². The van der Waals surface area contributed by atoms with Gasteiger partial charge in [0.05, 0.1) is 6.54 Å². The number of piperidine rings is 1. The molecule has 2 aliphatic heterocycles. The van der Waals surface area contributed by atoms with Crippen molar-refractivity contribution in [2.24, 2.45) is 0 Å². The maximum Gasteiger partial charge on any atom is 0.236 e. The Balaban J connectivity index is 1.54. The third kappa shape index (κ3) is 4.15. The fourth-order valence-corrected chi connectivity index (χ4v) is 3.72. The number of amides is 2. The zero-order chi connectivity index (χ0) is 16.9. The number of piperazine rings is 1. The van der Waals surface area contributed by atoms with Crippen LogP contribution in [0, 0.1) is 6.92 Å². The van der Waals surface area contributed by atoms with Crippen LogP contribution in [0.4, 0.5) is 0 Å². The minimum atomic E-state index is 0.167. The average Bonchev–Trinajstić information content (AvgIpc) is 2.60. The minimum Gasteiger partial charge on any atom is -0.341 e. The van der Waals surface area contributed by atoms with Gasteiger partial charge < -0.3 is 15.1 Å². The number of rotatable bonds is 4. The van der Waals surface area contributed by atoms with Crippen molar-refractivity contribution in [3.8, 4) is 0 Å². The molecule has 1 aromatic carbocycles. The highest BCUT2D eigenvalue weighted by Crippen LogP contribution is 2.18. The predicted molar refractivity (Wildman–Crippen MR) is 93.7 cm³/mol. The Bertz CT molecular complexity index is 602. The summed E-state index contributed by atoms with van der Waals surface area (Å²) >= 11 is 0. The second kappa shape index (κ2) is 7.79. The molecule has 130 valence electrons. The van der Waals surface area contributed by atoms with Crippen LogP contribution >= 0.6 is 0 Å². The molecular formula is C19H27N3O2. The molecule has 1 atom stereocenters. The largest absolute Gasteiger partial charge is 0.341 e. The van der Waals surface area contributed by atoms with Crippen LogP contribution in [-0.2, 0) is 16.0 Å². The van der Waals surface area contributed by atoms with E-state index in [0.717, 1.165) is 38.9 Å². The van der Waals surface area contributed by atoms with Crippen molar-refractivity contribution >= 4 is 11.8 Å². The molecule has 2 heterocycles. The van der Waals surface area contributed by atoms with Crippen LogP contribution in [0.3, 0.4) is 0 Å². The van der Waals surface area contributed by atoms with Gasteiger partial charge in [-0.3, -0.25) is 9.59 Å². The van der Waals surface area contributed by atoms with Crippen molar-refractivity contribution in [1.82, 2.24) is 15.1 Å².